The first-order chi connectivity index (χ1) is 8.97. The minimum absolute atomic E-state index is 0.411. The van der Waals surface area contributed by atoms with Gasteiger partial charge in [0.2, 0.25) is 0 Å². The topological polar surface area (TPSA) is 15.3 Å². The molecule has 0 spiro atoms. The molecule has 1 aliphatic heterocycles. The number of hydrogen-bond acceptors (Lipinski definition) is 2. The fraction of sp³-hybridized carbons (Fsp3) is 1.00. The van der Waals surface area contributed by atoms with Gasteiger partial charge < -0.3 is 10.2 Å². The van der Waals surface area contributed by atoms with Gasteiger partial charge in [0.1, 0.15) is 0 Å². The summed E-state index contributed by atoms with van der Waals surface area (Å²) in [5, 5.41) is 3.78. The minimum atomic E-state index is 0.411. The van der Waals surface area contributed by atoms with Crippen LogP contribution in [0.15, 0.2) is 0 Å². The molecule has 0 aliphatic carbocycles. The second kappa shape index (κ2) is 8.26. The standard InChI is InChI=1S/C17H36N2/c1-6-17(10-7-11-18-17)14-19(12-8-15(2)3)13-9-16(4)5/h15-16,18H,6-14H2,1-5H3. The third-order valence-electron chi connectivity index (χ3n) is 4.58. The lowest BCUT2D eigenvalue weighted by Crippen LogP contribution is -2.50. The highest BCUT2D eigenvalue weighted by molar-refractivity contribution is 4.94. The van der Waals surface area contributed by atoms with Gasteiger partial charge in [0.05, 0.1) is 0 Å². The predicted octanol–water partition coefficient (Wildman–Crippen LogP) is 3.91. The van der Waals surface area contributed by atoms with Crippen molar-refractivity contribution < 1.29 is 0 Å². The van der Waals surface area contributed by atoms with Crippen LogP contribution in [0.3, 0.4) is 0 Å². The molecule has 2 nitrogen and oxygen atoms in total. The molecule has 0 aromatic carbocycles. The van der Waals surface area contributed by atoms with Crippen molar-refractivity contribution in [1.29, 1.82) is 0 Å². The molecule has 0 radical (unpaired) electrons. The summed E-state index contributed by atoms with van der Waals surface area (Å²) in [5.74, 6) is 1.63. The van der Waals surface area contributed by atoms with Gasteiger partial charge in [-0.15, -0.1) is 0 Å². The molecule has 0 amide bonds. The van der Waals surface area contributed by atoms with E-state index in [-0.39, 0.29) is 0 Å². The van der Waals surface area contributed by atoms with Gasteiger partial charge in [0, 0.05) is 12.1 Å². The minimum Gasteiger partial charge on any atom is -0.310 e. The second-order valence-electron chi connectivity index (χ2n) is 7.31. The maximum absolute atomic E-state index is 3.78. The van der Waals surface area contributed by atoms with E-state index in [0.717, 1.165) is 11.8 Å². The van der Waals surface area contributed by atoms with Gasteiger partial charge in [-0.3, -0.25) is 0 Å². The van der Waals surface area contributed by atoms with E-state index in [1.54, 1.807) is 0 Å². The fourth-order valence-electron chi connectivity index (χ4n) is 3.00. The van der Waals surface area contributed by atoms with Crippen molar-refractivity contribution in [2.75, 3.05) is 26.2 Å². The predicted molar refractivity (Wildman–Crippen MR) is 85.6 cm³/mol. The molecule has 1 fully saturated rings. The summed E-state index contributed by atoms with van der Waals surface area (Å²) in [6.07, 6.45) is 6.65. The number of nitrogens with one attached hydrogen (secondary N) is 1. The van der Waals surface area contributed by atoms with Gasteiger partial charge in [-0.05, 0) is 63.6 Å². The van der Waals surface area contributed by atoms with Crippen LogP contribution in [0.1, 0.15) is 66.7 Å². The van der Waals surface area contributed by atoms with Crippen LogP contribution >= 0.6 is 0 Å². The molecular weight excluding hydrogens is 232 g/mol. The second-order valence-corrected chi connectivity index (χ2v) is 7.31. The Morgan fingerprint density at radius 1 is 1.05 bits per heavy atom. The van der Waals surface area contributed by atoms with Crippen LogP contribution in [0.25, 0.3) is 0 Å². The lowest BCUT2D eigenvalue weighted by molar-refractivity contribution is 0.173. The van der Waals surface area contributed by atoms with Gasteiger partial charge in [-0.2, -0.15) is 0 Å². The third kappa shape index (κ3) is 6.27. The largest absolute Gasteiger partial charge is 0.310 e. The van der Waals surface area contributed by atoms with E-state index < -0.39 is 0 Å². The molecule has 0 aromatic rings. The van der Waals surface area contributed by atoms with Crippen LogP contribution in [0, 0.1) is 11.8 Å². The molecule has 0 aromatic heterocycles. The average molecular weight is 268 g/mol. The fourth-order valence-corrected chi connectivity index (χ4v) is 3.00. The summed E-state index contributed by atoms with van der Waals surface area (Å²) in [5.41, 5.74) is 0.411. The summed E-state index contributed by atoms with van der Waals surface area (Å²) in [6, 6.07) is 0. The molecule has 2 heteroatoms. The lowest BCUT2D eigenvalue weighted by Gasteiger charge is -2.36. The van der Waals surface area contributed by atoms with E-state index >= 15 is 0 Å². The third-order valence-corrected chi connectivity index (χ3v) is 4.58. The molecule has 1 saturated heterocycles. The molecule has 1 atom stereocenters. The highest BCUT2D eigenvalue weighted by Gasteiger charge is 2.33. The Kier molecular flexibility index (Phi) is 7.38. The molecule has 1 rings (SSSR count). The molecule has 1 aliphatic rings. The van der Waals surface area contributed by atoms with Gasteiger partial charge in [-0.25, -0.2) is 0 Å². The van der Waals surface area contributed by atoms with Gasteiger partial charge in [-0.1, -0.05) is 34.6 Å². The molecule has 1 N–H and O–H groups in total. The Labute approximate surface area is 121 Å². The molecular formula is C17H36N2. The van der Waals surface area contributed by atoms with E-state index in [1.807, 2.05) is 0 Å². The normalized spacial score (nSPS) is 24.0. The first-order valence-electron chi connectivity index (χ1n) is 8.45. The van der Waals surface area contributed by atoms with Crippen LogP contribution in [0.5, 0.6) is 0 Å². The van der Waals surface area contributed by atoms with Crippen LogP contribution in [-0.2, 0) is 0 Å². The maximum Gasteiger partial charge on any atom is 0.0306 e. The lowest BCUT2D eigenvalue weighted by atomic mass is 9.93. The van der Waals surface area contributed by atoms with Crippen molar-refractivity contribution in [3.63, 3.8) is 0 Å². The molecule has 0 saturated carbocycles. The Balaban J connectivity index is 2.50. The number of hydrogen-bond donors (Lipinski definition) is 1. The SMILES string of the molecule is CCC1(CN(CCC(C)C)CCC(C)C)CCCN1. The number of nitrogens with zero attached hydrogens (tertiary/aromatic N) is 1. The Bertz CT molecular complexity index is 217. The van der Waals surface area contributed by atoms with Crippen LogP contribution < -0.4 is 5.32 Å². The Morgan fingerprint density at radius 3 is 2.00 bits per heavy atom. The summed E-state index contributed by atoms with van der Waals surface area (Å²) in [4.78, 5) is 2.72. The van der Waals surface area contributed by atoms with Crippen molar-refractivity contribution in [3.8, 4) is 0 Å². The van der Waals surface area contributed by atoms with Crippen LogP contribution in [0.4, 0.5) is 0 Å². The molecule has 1 unspecified atom stereocenters. The first-order valence-corrected chi connectivity index (χ1v) is 8.45. The zero-order chi connectivity index (χ0) is 14.3. The molecule has 114 valence electrons. The highest BCUT2D eigenvalue weighted by atomic mass is 15.2. The maximum atomic E-state index is 3.78. The molecule has 1 heterocycles. The summed E-state index contributed by atoms with van der Waals surface area (Å²) in [6.45, 7) is 16.7. The van der Waals surface area contributed by atoms with Crippen molar-refractivity contribution in [1.82, 2.24) is 10.2 Å². The Hall–Kier alpha value is -0.0800. The molecule has 19 heavy (non-hydrogen) atoms. The highest BCUT2D eigenvalue weighted by Crippen LogP contribution is 2.24. The van der Waals surface area contributed by atoms with Crippen molar-refractivity contribution in [3.05, 3.63) is 0 Å². The van der Waals surface area contributed by atoms with Gasteiger partial charge in [0.15, 0.2) is 0 Å². The number of rotatable bonds is 9. The molecule has 0 bridgehead atoms. The van der Waals surface area contributed by atoms with Gasteiger partial charge >= 0.3 is 0 Å². The van der Waals surface area contributed by atoms with E-state index in [4.69, 9.17) is 0 Å². The van der Waals surface area contributed by atoms with Crippen molar-refractivity contribution in [2.24, 2.45) is 11.8 Å². The van der Waals surface area contributed by atoms with Crippen molar-refractivity contribution >= 4 is 0 Å². The summed E-state index contributed by atoms with van der Waals surface area (Å²) < 4.78 is 0. The Morgan fingerprint density at radius 2 is 1.63 bits per heavy atom. The average Bonchev–Trinajstić information content (AvgIpc) is 2.81. The van der Waals surface area contributed by atoms with Gasteiger partial charge in [0.25, 0.3) is 0 Å². The zero-order valence-electron chi connectivity index (χ0n) is 14.0. The van der Waals surface area contributed by atoms with Crippen molar-refractivity contribution in [2.45, 2.75) is 72.3 Å². The summed E-state index contributed by atoms with van der Waals surface area (Å²) >= 11 is 0. The van der Waals surface area contributed by atoms with E-state index in [9.17, 15) is 0 Å². The quantitative estimate of drug-likeness (QED) is 0.682. The van der Waals surface area contributed by atoms with E-state index in [1.165, 1.54) is 58.3 Å². The summed E-state index contributed by atoms with van der Waals surface area (Å²) in [7, 11) is 0. The van der Waals surface area contributed by atoms with E-state index in [2.05, 4.69) is 44.8 Å². The van der Waals surface area contributed by atoms with E-state index in [0.29, 0.717) is 5.54 Å². The first kappa shape index (κ1) is 17.0. The zero-order valence-corrected chi connectivity index (χ0v) is 14.0. The smallest absolute Gasteiger partial charge is 0.0306 e. The monoisotopic (exact) mass is 268 g/mol. The van der Waals surface area contributed by atoms with Crippen LogP contribution in [0.2, 0.25) is 0 Å². The van der Waals surface area contributed by atoms with Crippen LogP contribution in [-0.4, -0.2) is 36.6 Å².